The summed E-state index contributed by atoms with van der Waals surface area (Å²) in [7, 11) is 5.42. The van der Waals surface area contributed by atoms with Crippen LogP contribution >= 0.6 is 0 Å². The maximum Gasteiger partial charge on any atom is 0.108 e. The van der Waals surface area contributed by atoms with Gasteiger partial charge in [-0.1, -0.05) is 6.92 Å². The third kappa shape index (κ3) is 5.29. The minimum absolute atomic E-state index is 0.182. The molecule has 3 atom stereocenters. The highest BCUT2D eigenvalue weighted by molar-refractivity contribution is 6.11. The molecule has 0 aromatic rings. The predicted octanol–water partition coefficient (Wildman–Crippen LogP) is 0.0879. The van der Waals surface area contributed by atoms with Crippen molar-refractivity contribution < 1.29 is 14.6 Å². The van der Waals surface area contributed by atoms with Crippen molar-refractivity contribution in [2.45, 2.75) is 25.3 Å². The fourth-order valence-electron chi connectivity index (χ4n) is 1.40. The van der Waals surface area contributed by atoms with Crippen molar-refractivity contribution in [1.29, 1.82) is 0 Å². The van der Waals surface area contributed by atoms with Crippen LogP contribution < -0.4 is 0 Å². The first-order valence-corrected chi connectivity index (χ1v) is 4.78. The van der Waals surface area contributed by atoms with E-state index in [1.165, 1.54) is 0 Å². The lowest BCUT2D eigenvalue weighted by Gasteiger charge is -2.24. The average Bonchev–Trinajstić information content (AvgIpc) is 2.14. The monoisotopic (exact) mass is 188 g/mol. The van der Waals surface area contributed by atoms with Crippen molar-refractivity contribution in [1.82, 2.24) is 0 Å². The van der Waals surface area contributed by atoms with Crippen molar-refractivity contribution in [3.8, 4) is 0 Å². The van der Waals surface area contributed by atoms with Gasteiger partial charge in [0.2, 0.25) is 0 Å². The van der Waals surface area contributed by atoms with E-state index in [2.05, 4.69) is 6.92 Å². The summed E-state index contributed by atoms with van der Waals surface area (Å²) < 4.78 is 10.4. The van der Waals surface area contributed by atoms with Gasteiger partial charge >= 0.3 is 0 Å². The summed E-state index contributed by atoms with van der Waals surface area (Å²) in [5.41, 5.74) is 0. The van der Waals surface area contributed by atoms with E-state index >= 15 is 0 Å². The molecule has 0 aliphatic rings. The smallest absolute Gasteiger partial charge is 0.108 e. The van der Waals surface area contributed by atoms with Gasteiger partial charge in [0, 0.05) is 26.7 Å². The van der Waals surface area contributed by atoms with Gasteiger partial charge in [-0.15, -0.1) is 0 Å². The highest BCUT2D eigenvalue weighted by Crippen LogP contribution is 2.17. The number of aliphatic hydroxyl groups excluding tert-OH is 1. The van der Waals surface area contributed by atoms with Gasteiger partial charge in [-0.25, -0.2) is 0 Å². The van der Waals surface area contributed by atoms with E-state index in [9.17, 15) is 0 Å². The zero-order valence-corrected chi connectivity index (χ0v) is 9.12. The fraction of sp³-hybridized carbons (Fsp3) is 1.00. The molecule has 0 aliphatic heterocycles. The van der Waals surface area contributed by atoms with Crippen LogP contribution in [0, 0.1) is 5.92 Å². The predicted molar refractivity (Wildman–Crippen MR) is 55.8 cm³/mol. The van der Waals surface area contributed by atoms with Crippen molar-refractivity contribution in [3.63, 3.8) is 0 Å². The second-order valence-corrected chi connectivity index (χ2v) is 3.73. The molecule has 0 bridgehead atoms. The first-order chi connectivity index (χ1) is 6.15. The summed E-state index contributed by atoms with van der Waals surface area (Å²) in [5, 5.41) is 8.90. The third-order valence-corrected chi connectivity index (χ3v) is 2.31. The summed E-state index contributed by atoms with van der Waals surface area (Å²) in [6, 6.07) is 0. The van der Waals surface area contributed by atoms with Gasteiger partial charge in [0.05, 0.1) is 12.7 Å². The summed E-state index contributed by atoms with van der Waals surface area (Å²) in [5.74, 6) is 0.674. The van der Waals surface area contributed by atoms with E-state index in [1.54, 1.807) is 14.2 Å². The number of hydrogen-bond acceptors (Lipinski definition) is 3. The molecule has 0 spiro atoms. The van der Waals surface area contributed by atoms with Gasteiger partial charge in [0.15, 0.2) is 0 Å². The van der Waals surface area contributed by atoms with Gasteiger partial charge in [-0.3, -0.25) is 0 Å². The van der Waals surface area contributed by atoms with Crippen LogP contribution in [0.25, 0.3) is 0 Å². The molecule has 0 rings (SSSR count). The van der Waals surface area contributed by atoms with E-state index in [0.717, 1.165) is 6.42 Å². The highest BCUT2D eigenvalue weighted by atomic mass is 16.5. The fourth-order valence-corrected chi connectivity index (χ4v) is 1.40. The molecule has 78 valence electrons. The van der Waals surface area contributed by atoms with Crippen molar-refractivity contribution in [3.05, 3.63) is 0 Å². The molecular formula is C9H21BO3. The van der Waals surface area contributed by atoms with Crippen molar-refractivity contribution >= 4 is 7.85 Å². The van der Waals surface area contributed by atoms with E-state index in [0.29, 0.717) is 18.3 Å². The van der Waals surface area contributed by atoms with Gasteiger partial charge in [-0.05, 0) is 12.2 Å². The second kappa shape index (κ2) is 7.36. The average molecular weight is 188 g/mol. The van der Waals surface area contributed by atoms with Gasteiger partial charge < -0.3 is 14.6 Å². The van der Waals surface area contributed by atoms with E-state index in [-0.39, 0.29) is 12.7 Å². The third-order valence-electron chi connectivity index (χ3n) is 2.31. The lowest BCUT2D eigenvalue weighted by Crippen LogP contribution is -2.26. The molecule has 13 heavy (non-hydrogen) atoms. The Morgan fingerprint density at radius 3 is 2.38 bits per heavy atom. The Hall–Kier alpha value is -0.0551. The minimum atomic E-state index is 0.182. The molecular weight excluding hydrogens is 167 g/mol. The Morgan fingerprint density at radius 2 is 2.00 bits per heavy atom. The van der Waals surface area contributed by atoms with Gasteiger partial charge in [0.25, 0.3) is 0 Å². The zero-order valence-electron chi connectivity index (χ0n) is 9.12. The quantitative estimate of drug-likeness (QED) is 0.575. The van der Waals surface area contributed by atoms with E-state index < -0.39 is 0 Å². The minimum Gasteiger partial charge on any atom is -0.397 e. The first kappa shape index (κ1) is 12.9. The molecule has 1 N–H and O–H groups in total. The molecule has 2 unspecified atom stereocenters. The molecule has 0 aromatic carbocycles. The highest BCUT2D eigenvalue weighted by Gasteiger charge is 2.18. The maximum atomic E-state index is 8.90. The molecule has 3 nitrogen and oxygen atoms in total. The molecule has 0 aliphatic carbocycles. The SMILES string of the molecule is B[C@@H](CO)CC(OC)C(C)COC. The molecule has 0 aromatic heterocycles. The van der Waals surface area contributed by atoms with E-state index in [1.807, 2.05) is 7.85 Å². The lowest BCUT2D eigenvalue weighted by atomic mass is 9.81. The van der Waals surface area contributed by atoms with Crippen LogP contribution in [0.4, 0.5) is 0 Å². The van der Waals surface area contributed by atoms with Crippen LogP contribution in [0.5, 0.6) is 0 Å². The topological polar surface area (TPSA) is 38.7 Å². The summed E-state index contributed by atoms with van der Waals surface area (Å²) in [6.45, 7) is 3.03. The van der Waals surface area contributed by atoms with Crippen LogP contribution in [-0.2, 0) is 9.47 Å². The van der Waals surface area contributed by atoms with Gasteiger partial charge in [0.1, 0.15) is 7.85 Å². The standard InChI is InChI=1S/C9H21BO3/c1-7(6-12-2)9(13-3)4-8(10)5-11/h7-9,11H,4-6,10H2,1-3H3/t7?,8-,9?/m1/s1. The first-order valence-electron chi connectivity index (χ1n) is 4.78. The molecule has 0 heterocycles. The number of hydrogen-bond donors (Lipinski definition) is 1. The number of rotatable bonds is 7. The van der Waals surface area contributed by atoms with Crippen LogP contribution in [0.2, 0.25) is 5.82 Å². The normalized spacial score (nSPS) is 18.2. The van der Waals surface area contributed by atoms with Crippen LogP contribution in [0.3, 0.4) is 0 Å². The molecule has 0 saturated heterocycles. The number of ether oxygens (including phenoxy) is 2. The Labute approximate surface area is 81.8 Å². The Kier molecular flexibility index (Phi) is 7.33. The Morgan fingerprint density at radius 1 is 1.38 bits per heavy atom. The van der Waals surface area contributed by atoms with Crippen LogP contribution in [0.15, 0.2) is 0 Å². The van der Waals surface area contributed by atoms with Crippen LogP contribution in [-0.4, -0.2) is 46.5 Å². The summed E-state index contributed by atoms with van der Waals surface area (Å²) in [6.07, 6.45) is 1.07. The van der Waals surface area contributed by atoms with E-state index in [4.69, 9.17) is 14.6 Å². The largest absolute Gasteiger partial charge is 0.397 e. The second-order valence-electron chi connectivity index (χ2n) is 3.73. The zero-order chi connectivity index (χ0) is 10.3. The molecule has 0 radical (unpaired) electrons. The maximum absolute atomic E-state index is 8.90. The summed E-state index contributed by atoms with van der Waals surface area (Å²) in [4.78, 5) is 0. The number of aliphatic hydroxyl groups is 1. The lowest BCUT2D eigenvalue weighted by molar-refractivity contribution is 0.0137. The molecule has 4 heteroatoms. The van der Waals surface area contributed by atoms with Gasteiger partial charge in [-0.2, -0.15) is 0 Å². The van der Waals surface area contributed by atoms with Crippen molar-refractivity contribution in [2.24, 2.45) is 5.92 Å². The van der Waals surface area contributed by atoms with Crippen LogP contribution in [0.1, 0.15) is 13.3 Å². The number of methoxy groups -OCH3 is 2. The molecule has 0 saturated carbocycles. The Bertz CT molecular complexity index is 121. The molecule has 0 amide bonds. The Balaban J connectivity index is 3.86. The summed E-state index contributed by atoms with van der Waals surface area (Å²) >= 11 is 0. The molecule has 0 fully saturated rings. The van der Waals surface area contributed by atoms with Crippen molar-refractivity contribution in [2.75, 3.05) is 27.4 Å².